The number of nitrogens with one attached hydrogen (secondary N) is 1. The van der Waals surface area contributed by atoms with Gasteiger partial charge in [-0.2, -0.15) is 12.6 Å². The van der Waals surface area contributed by atoms with E-state index in [1.165, 1.54) is 0 Å². The average Bonchev–Trinajstić information content (AvgIpc) is 1.98. The molecule has 1 amide bonds. The van der Waals surface area contributed by atoms with Gasteiger partial charge in [-0.1, -0.05) is 36.4 Å². The summed E-state index contributed by atoms with van der Waals surface area (Å²) in [6, 6.07) is 0. The van der Waals surface area contributed by atoms with Gasteiger partial charge in [0.05, 0.1) is 5.25 Å². The molecule has 0 saturated carbocycles. The predicted octanol–water partition coefficient (Wildman–Crippen LogP) is 1.97. The fourth-order valence-corrected chi connectivity index (χ4v) is 0.822. The van der Waals surface area contributed by atoms with Crippen LogP contribution in [0.1, 0.15) is 13.8 Å². The second kappa shape index (κ2) is 5.65. The van der Waals surface area contributed by atoms with Crippen molar-refractivity contribution in [3.8, 4) is 0 Å². The predicted molar refractivity (Wildman–Crippen MR) is 58.7 cm³/mol. The minimum absolute atomic E-state index is 0.0473. The van der Waals surface area contributed by atoms with Gasteiger partial charge < -0.3 is 5.32 Å². The summed E-state index contributed by atoms with van der Waals surface area (Å²) in [6.07, 6.45) is 0. The molecule has 0 spiro atoms. The van der Waals surface area contributed by atoms with Gasteiger partial charge in [0.1, 0.15) is 0 Å². The van der Waals surface area contributed by atoms with Gasteiger partial charge in [-0.3, -0.25) is 4.79 Å². The Balaban J connectivity index is 3.80. The minimum Gasteiger partial charge on any atom is -0.351 e. The molecule has 0 fully saturated rings. The first kappa shape index (κ1) is 12.0. The molecule has 0 aliphatic carbocycles. The zero-order valence-electron chi connectivity index (χ0n) is 7.30. The Hall–Kier alpha value is 0.0400. The Morgan fingerprint density at radius 2 is 2.17 bits per heavy atom. The van der Waals surface area contributed by atoms with E-state index in [1.54, 1.807) is 0 Å². The van der Waals surface area contributed by atoms with Crippen LogP contribution in [0.25, 0.3) is 0 Å². The van der Waals surface area contributed by atoms with Crippen molar-refractivity contribution in [1.29, 1.82) is 0 Å². The van der Waals surface area contributed by atoms with E-state index in [2.05, 4.69) is 40.5 Å². The van der Waals surface area contributed by atoms with Crippen molar-refractivity contribution >= 4 is 34.5 Å². The summed E-state index contributed by atoms with van der Waals surface area (Å²) in [5.74, 6) is 0.200. The molecular weight excluding hydrogens is 238 g/mol. The third-order valence-electron chi connectivity index (χ3n) is 1.35. The van der Waals surface area contributed by atoms with Crippen molar-refractivity contribution in [3.05, 3.63) is 11.1 Å². The van der Waals surface area contributed by atoms with Crippen LogP contribution in [0, 0.1) is 5.92 Å². The molecule has 0 saturated heterocycles. The summed E-state index contributed by atoms with van der Waals surface area (Å²) in [5.41, 5.74) is 0. The summed E-state index contributed by atoms with van der Waals surface area (Å²) < 4.78 is 0.764. The number of thiol groups is 1. The quantitative estimate of drug-likeness (QED) is 0.736. The molecule has 1 N–H and O–H groups in total. The van der Waals surface area contributed by atoms with Gasteiger partial charge in [0.15, 0.2) is 0 Å². The Kier molecular flexibility index (Phi) is 5.66. The van der Waals surface area contributed by atoms with Crippen molar-refractivity contribution in [2.75, 3.05) is 6.54 Å². The lowest BCUT2D eigenvalue weighted by Crippen LogP contribution is -2.34. The van der Waals surface area contributed by atoms with E-state index in [1.807, 2.05) is 13.8 Å². The van der Waals surface area contributed by atoms with Crippen LogP contribution in [0.4, 0.5) is 0 Å². The van der Waals surface area contributed by atoms with Gasteiger partial charge >= 0.3 is 0 Å². The molecule has 0 aromatic carbocycles. The van der Waals surface area contributed by atoms with Crippen molar-refractivity contribution in [1.82, 2.24) is 5.32 Å². The SMILES string of the molecule is C=C(Br)CNC(=O)C(S)C(C)C. The van der Waals surface area contributed by atoms with Crippen LogP contribution in [0.3, 0.4) is 0 Å². The number of hydrogen-bond acceptors (Lipinski definition) is 2. The molecular formula is C8H14BrNOS. The molecule has 1 atom stereocenters. The molecule has 1 unspecified atom stereocenters. The number of carbonyl (C=O) groups is 1. The van der Waals surface area contributed by atoms with Crippen molar-refractivity contribution in [3.63, 3.8) is 0 Å². The molecule has 0 bridgehead atoms. The highest BCUT2D eigenvalue weighted by atomic mass is 79.9. The highest BCUT2D eigenvalue weighted by Gasteiger charge is 2.16. The van der Waals surface area contributed by atoms with Crippen LogP contribution >= 0.6 is 28.6 Å². The number of amides is 1. The molecule has 0 aliphatic heterocycles. The van der Waals surface area contributed by atoms with Gasteiger partial charge in [-0.05, 0) is 5.92 Å². The molecule has 0 aromatic rings. The summed E-state index contributed by atoms with van der Waals surface area (Å²) in [7, 11) is 0. The Morgan fingerprint density at radius 3 is 2.50 bits per heavy atom. The van der Waals surface area contributed by atoms with Gasteiger partial charge in [0, 0.05) is 11.0 Å². The summed E-state index contributed by atoms with van der Waals surface area (Å²) in [5, 5.41) is 2.46. The minimum atomic E-state index is -0.239. The second-order valence-electron chi connectivity index (χ2n) is 2.92. The van der Waals surface area contributed by atoms with E-state index in [4.69, 9.17) is 0 Å². The normalized spacial score (nSPS) is 12.8. The van der Waals surface area contributed by atoms with Crippen molar-refractivity contribution in [2.24, 2.45) is 5.92 Å². The maximum atomic E-state index is 11.2. The van der Waals surface area contributed by atoms with Crippen LogP contribution in [-0.2, 0) is 4.79 Å². The highest BCUT2D eigenvalue weighted by molar-refractivity contribution is 9.11. The maximum Gasteiger partial charge on any atom is 0.233 e. The lowest BCUT2D eigenvalue weighted by molar-refractivity contribution is -0.120. The number of rotatable bonds is 4. The smallest absolute Gasteiger partial charge is 0.233 e. The maximum absolute atomic E-state index is 11.2. The molecule has 12 heavy (non-hydrogen) atoms. The van der Waals surface area contributed by atoms with Gasteiger partial charge in [-0.25, -0.2) is 0 Å². The van der Waals surface area contributed by atoms with Crippen molar-refractivity contribution < 1.29 is 4.79 Å². The summed E-state index contributed by atoms with van der Waals surface area (Å²) >= 11 is 7.32. The Labute approximate surface area is 87.3 Å². The monoisotopic (exact) mass is 251 g/mol. The van der Waals surface area contributed by atoms with Gasteiger partial charge in [0.25, 0.3) is 0 Å². The topological polar surface area (TPSA) is 29.1 Å². The molecule has 0 aliphatic rings. The number of hydrogen-bond donors (Lipinski definition) is 2. The third kappa shape index (κ3) is 4.83. The lowest BCUT2D eigenvalue weighted by Gasteiger charge is -2.13. The molecule has 0 radical (unpaired) electrons. The highest BCUT2D eigenvalue weighted by Crippen LogP contribution is 2.08. The first-order valence-electron chi connectivity index (χ1n) is 3.74. The lowest BCUT2D eigenvalue weighted by atomic mass is 10.1. The second-order valence-corrected chi connectivity index (χ2v) is 4.60. The van der Waals surface area contributed by atoms with Gasteiger partial charge in [-0.15, -0.1) is 0 Å². The molecule has 4 heteroatoms. The first-order valence-corrected chi connectivity index (χ1v) is 5.05. The molecule has 2 nitrogen and oxygen atoms in total. The van der Waals surface area contributed by atoms with Crippen LogP contribution in [0.2, 0.25) is 0 Å². The Morgan fingerprint density at radius 1 is 1.67 bits per heavy atom. The van der Waals surface area contributed by atoms with E-state index in [0.717, 1.165) is 4.48 Å². The van der Waals surface area contributed by atoms with Crippen LogP contribution in [-0.4, -0.2) is 17.7 Å². The average molecular weight is 252 g/mol. The van der Waals surface area contributed by atoms with Crippen LogP contribution < -0.4 is 5.32 Å². The van der Waals surface area contributed by atoms with E-state index >= 15 is 0 Å². The summed E-state index contributed by atoms with van der Waals surface area (Å²) in [6.45, 7) is 7.99. The zero-order chi connectivity index (χ0) is 9.72. The van der Waals surface area contributed by atoms with E-state index in [-0.39, 0.29) is 17.1 Å². The molecule has 0 aromatic heterocycles. The summed E-state index contributed by atoms with van der Waals surface area (Å²) in [4.78, 5) is 11.2. The largest absolute Gasteiger partial charge is 0.351 e. The van der Waals surface area contributed by atoms with E-state index in [0.29, 0.717) is 6.54 Å². The van der Waals surface area contributed by atoms with Gasteiger partial charge in [0.2, 0.25) is 5.91 Å². The number of halogens is 1. The van der Waals surface area contributed by atoms with Crippen LogP contribution in [0.15, 0.2) is 11.1 Å². The Bertz CT molecular complexity index is 182. The number of carbonyl (C=O) groups excluding carboxylic acids is 1. The fraction of sp³-hybridized carbons (Fsp3) is 0.625. The first-order chi connectivity index (χ1) is 5.45. The molecule has 70 valence electrons. The van der Waals surface area contributed by atoms with Crippen LogP contribution in [0.5, 0.6) is 0 Å². The fourth-order valence-electron chi connectivity index (χ4n) is 0.590. The third-order valence-corrected chi connectivity index (χ3v) is 2.47. The zero-order valence-corrected chi connectivity index (χ0v) is 9.78. The molecule has 0 rings (SSSR count). The van der Waals surface area contributed by atoms with Crippen molar-refractivity contribution in [2.45, 2.75) is 19.1 Å². The standard InChI is InChI=1S/C8H14BrNOS/c1-5(2)7(12)8(11)10-4-6(3)9/h5,7,12H,3-4H2,1-2H3,(H,10,11). The molecule has 0 heterocycles. The van der Waals surface area contributed by atoms with E-state index in [9.17, 15) is 4.79 Å². The van der Waals surface area contributed by atoms with E-state index < -0.39 is 0 Å².